The average Bonchev–Trinajstić information content (AvgIpc) is 2.47. The molecule has 0 aromatic rings. The van der Waals surface area contributed by atoms with Crippen molar-refractivity contribution in [1.29, 1.82) is 0 Å². The molecule has 132 valence electrons. The van der Waals surface area contributed by atoms with Gasteiger partial charge in [-0.3, -0.25) is 4.79 Å². The lowest BCUT2D eigenvalue weighted by Crippen LogP contribution is -2.50. The van der Waals surface area contributed by atoms with E-state index in [1.165, 1.54) is 6.42 Å². The third kappa shape index (κ3) is 6.64. The van der Waals surface area contributed by atoms with Gasteiger partial charge in [0.05, 0.1) is 5.60 Å². The van der Waals surface area contributed by atoms with E-state index in [-0.39, 0.29) is 17.4 Å². The van der Waals surface area contributed by atoms with Crippen LogP contribution < -0.4 is 5.32 Å². The molecule has 2 rings (SSSR count). The molecule has 4 nitrogen and oxygen atoms in total. The van der Waals surface area contributed by atoms with Gasteiger partial charge in [0, 0.05) is 25.7 Å². The highest BCUT2D eigenvalue weighted by Gasteiger charge is 2.32. The van der Waals surface area contributed by atoms with E-state index in [1.807, 2.05) is 6.08 Å². The molecule has 0 aromatic carbocycles. The number of likely N-dealkylation sites (tertiary alicyclic amines) is 1. The standard InChI is InChI=1S/C19H34N2O2/c1-18(2,3)12-7-17(22)20-16-8-13-21(14-9-16)15-19(23)10-5-4-6-11-19/h7,12,16,23H,4-6,8-11,13-15H2,1-3H3,(H,20,22)/b12-7+. The summed E-state index contributed by atoms with van der Waals surface area (Å²) < 4.78 is 0. The molecule has 1 saturated heterocycles. The van der Waals surface area contributed by atoms with Crippen molar-refractivity contribution in [3.8, 4) is 0 Å². The fourth-order valence-corrected chi connectivity index (χ4v) is 3.59. The van der Waals surface area contributed by atoms with Gasteiger partial charge in [-0.2, -0.15) is 0 Å². The van der Waals surface area contributed by atoms with E-state index < -0.39 is 5.60 Å². The molecule has 1 saturated carbocycles. The number of rotatable bonds is 4. The number of hydrogen-bond donors (Lipinski definition) is 2. The average molecular weight is 322 g/mol. The third-order valence-electron chi connectivity index (χ3n) is 4.97. The molecular formula is C19H34N2O2. The van der Waals surface area contributed by atoms with Gasteiger partial charge in [-0.15, -0.1) is 0 Å². The zero-order valence-electron chi connectivity index (χ0n) is 15.1. The summed E-state index contributed by atoms with van der Waals surface area (Å²) in [5, 5.41) is 13.8. The number of β-amino-alcohol motifs (C(OH)–C–C–N with tert-alkyl or cyclic N) is 1. The molecule has 2 aliphatic rings. The van der Waals surface area contributed by atoms with E-state index in [1.54, 1.807) is 6.08 Å². The normalized spacial score (nSPS) is 24.0. The molecule has 0 bridgehead atoms. The Morgan fingerprint density at radius 3 is 2.39 bits per heavy atom. The lowest BCUT2D eigenvalue weighted by Gasteiger charge is -2.40. The van der Waals surface area contributed by atoms with E-state index in [4.69, 9.17) is 0 Å². The zero-order chi connectivity index (χ0) is 16.9. The summed E-state index contributed by atoms with van der Waals surface area (Å²) in [5.74, 6) is 0.0179. The maximum Gasteiger partial charge on any atom is 0.243 e. The maximum atomic E-state index is 12.0. The fraction of sp³-hybridized carbons (Fsp3) is 0.842. The molecule has 1 heterocycles. The minimum absolute atomic E-state index is 0.0179. The monoisotopic (exact) mass is 322 g/mol. The second-order valence-electron chi connectivity index (χ2n) is 8.54. The Labute approximate surface area is 141 Å². The second kappa shape index (κ2) is 7.80. The minimum atomic E-state index is -0.468. The molecule has 1 aliphatic heterocycles. The Balaban J connectivity index is 1.71. The van der Waals surface area contributed by atoms with Crippen molar-refractivity contribution < 1.29 is 9.90 Å². The van der Waals surface area contributed by atoms with Crippen molar-refractivity contribution in [2.24, 2.45) is 5.41 Å². The van der Waals surface area contributed by atoms with Gasteiger partial charge in [0.2, 0.25) is 5.91 Å². The van der Waals surface area contributed by atoms with Crippen LogP contribution in [0.25, 0.3) is 0 Å². The van der Waals surface area contributed by atoms with Crippen molar-refractivity contribution in [3.05, 3.63) is 12.2 Å². The summed E-state index contributed by atoms with van der Waals surface area (Å²) in [4.78, 5) is 14.3. The molecule has 0 atom stereocenters. The summed E-state index contributed by atoms with van der Waals surface area (Å²) in [6.07, 6.45) is 11.0. The van der Waals surface area contributed by atoms with Crippen LogP contribution in [0.15, 0.2) is 12.2 Å². The quantitative estimate of drug-likeness (QED) is 0.783. The molecule has 4 heteroatoms. The van der Waals surface area contributed by atoms with Crippen LogP contribution in [0.3, 0.4) is 0 Å². The van der Waals surface area contributed by atoms with Gasteiger partial charge in [-0.25, -0.2) is 0 Å². The number of carbonyl (C=O) groups excluding carboxylic acids is 1. The number of nitrogens with zero attached hydrogens (tertiary/aromatic N) is 1. The largest absolute Gasteiger partial charge is 0.389 e. The Bertz CT molecular complexity index is 412. The van der Waals surface area contributed by atoms with E-state index in [2.05, 4.69) is 31.0 Å². The van der Waals surface area contributed by atoms with Crippen LogP contribution in [0, 0.1) is 5.41 Å². The Morgan fingerprint density at radius 1 is 1.22 bits per heavy atom. The maximum absolute atomic E-state index is 12.0. The van der Waals surface area contributed by atoms with Crippen LogP contribution in [0.5, 0.6) is 0 Å². The zero-order valence-corrected chi connectivity index (χ0v) is 15.1. The smallest absolute Gasteiger partial charge is 0.243 e. The molecule has 0 radical (unpaired) electrons. The Kier molecular flexibility index (Phi) is 6.26. The summed E-state index contributed by atoms with van der Waals surface area (Å²) in [7, 11) is 0. The predicted molar refractivity (Wildman–Crippen MR) is 94.2 cm³/mol. The first kappa shape index (κ1) is 18.5. The molecule has 2 fully saturated rings. The van der Waals surface area contributed by atoms with E-state index in [0.717, 1.165) is 58.2 Å². The second-order valence-corrected chi connectivity index (χ2v) is 8.54. The van der Waals surface area contributed by atoms with Crippen LogP contribution in [0.4, 0.5) is 0 Å². The summed E-state index contributed by atoms with van der Waals surface area (Å²) >= 11 is 0. The van der Waals surface area contributed by atoms with Crippen molar-refractivity contribution in [2.75, 3.05) is 19.6 Å². The number of aliphatic hydroxyl groups is 1. The molecule has 0 spiro atoms. The molecule has 1 amide bonds. The van der Waals surface area contributed by atoms with Crippen LogP contribution >= 0.6 is 0 Å². The molecule has 0 aromatic heterocycles. The highest BCUT2D eigenvalue weighted by Crippen LogP contribution is 2.29. The SMILES string of the molecule is CC(C)(C)/C=C/C(=O)NC1CCN(CC2(O)CCCCC2)CC1. The van der Waals surface area contributed by atoms with Crippen LogP contribution in [-0.4, -0.2) is 47.2 Å². The van der Waals surface area contributed by atoms with Crippen LogP contribution in [-0.2, 0) is 4.79 Å². The summed E-state index contributed by atoms with van der Waals surface area (Å²) in [6.45, 7) is 9.01. The van der Waals surface area contributed by atoms with E-state index in [9.17, 15) is 9.90 Å². The van der Waals surface area contributed by atoms with Crippen LogP contribution in [0.2, 0.25) is 0 Å². The Hall–Kier alpha value is -0.870. The lowest BCUT2D eigenvalue weighted by atomic mass is 9.84. The number of nitrogens with one attached hydrogen (secondary N) is 1. The van der Waals surface area contributed by atoms with Gasteiger partial charge in [0.25, 0.3) is 0 Å². The van der Waals surface area contributed by atoms with Gasteiger partial charge in [0.15, 0.2) is 0 Å². The number of allylic oxidation sites excluding steroid dienone is 1. The fourth-order valence-electron chi connectivity index (χ4n) is 3.59. The van der Waals surface area contributed by atoms with Crippen molar-refractivity contribution in [3.63, 3.8) is 0 Å². The molecule has 2 N–H and O–H groups in total. The predicted octanol–water partition coefficient (Wildman–Crippen LogP) is 2.86. The van der Waals surface area contributed by atoms with E-state index in [0.29, 0.717) is 0 Å². The molecule has 0 unspecified atom stereocenters. The number of carbonyl (C=O) groups is 1. The molecule has 23 heavy (non-hydrogen) atoms. The molecular weight excluding hydrogens is 288 g/mol. The molecule has 1 aliphatic carbocycles. The number of piperidine rings is 1. The minimum Gasteiger partial charge on any atom is -0.389 e. The lowest BCUT2D eigenvalue weighted by molar-refractivity contribution is -0.117. The highest BCUT2D eigenvalue weighted by atomic mass is 16.3. The van der Waals surface area contributed by atoms with Crippen molar-refractivity contribution in [2.45, 2.75) is 77.4 Å². The first-order chi connectivity index (χ1) is 10.8. The number of hydrogen-bond acceptors (Lipinski definition) is 3. The van der Waals surface area contributed by atoms with Gasteiger partial charge >= 0.3 is 0 Å². The summed E-state index contributed by atoms with van der Waals surface area (Å²) in [5.41, 5.74) is -0.431. The first-order valence-corrected chi connectivity index (χ1v) is 9.20. The highest BCUT2D eigenvalue weighted by molar-refractivity contribution is 5.87. The van der Waals surface area contributed by atoms with E-state index >= 15 is 0 Å². The number of amides is 1. The third-order valence-corrected chi connectivity index (χ3v) is 4.97. The topological polar surface area (TPSA) is 52.6 Å². The van der Waals surface area contributed by atoms with Crippen molar-refractivity contribution in [1.82, 2.24) is 10.2 Å². The van der Waals surface area contributed by atoms with Gasteiger partial charge in [-0.1, -0.05) is 46.1 Å². The first-order valence-electron chi connectivity index (χ1n) is 9.20. The van der Waals surface area contributed by atoms with Crippen molar-refractivity contribution >= 4 is 5.91 Å². The van der Waals surface area contributed by atoms with Crippen LogP contribution in [0.1, 0.15) is 65.7 Å². The van der Waals surface area contributed by atoms with Gasteiger partial charge in [-0.05, 0) is 37.2 Å². The summed E-state index contributed by atoms with van der Waals surface area (Å²) in [6, 6.07) is 0.268. The van der Waals surface area contributed by atoms with Gasteiger partial charge in [0.1, 0.15) is 0 Å². The Morgan fingerprint density at radius 2 is 1.83 bits per heavy atom. The van der Waals surface area contributed by atoms with Gasteiger partial charge < -0.3 is 15.3 Å².